The second kappa shape index (κ2) is 7.11. The minimum absolute atomic E-state index is 0.227. The van der Waals surface area contributed by atoms with Crippen molar-refractivity contribution in [2.24, 2.45) is 0 Å². The van der Waals surface area contributed by atoms with E-state index in [0.717, 1.165) is 18.9 Å². The first-order valence-electron chi connectivity index (χ1n) is 7.91. The Hall–Kier alpha value is -2.25. The summed E-state index contributed by atoms with van der Waals surface area (Å²) in [5.41, 5.74) is -0.468. The third-order valence-corrected chi connectivity index (χ3v) is 3.97. The van der Waals surface area contributed by atoms with Crippen molar-refractivity contribution in [2.45, 2.75) is 58.5 Å². The molecule has 24 heavy (non-hydrogen) atoms. The molecule has 0 aromatic carbocycles. The number of hydrogen-bond acceptors (Lipinski definition) is 4. The number of nitrogens with zero attached hydrogens (tertiary/aromatic N) is 3. The number of nitrogens with one attached hydrogen (secondary N) is 1. The fourth-order valence-electron chi connectivity index (χ4n) is 2.42. The third-order valence-electron chi connectivity index (χ3n) is 3.97. The Morgan fingerprint density at radius 3 is 2.58 bits per heavy atom. The van der Waals surface area contributed by atoms with Crippen LogP contribution in [-0.2, 0) is 5.54 Å². The van der Waals surface area contributed by atoms with Crippen molar-refractivity contribution in [1.82, 2.24) is 20.3 Å². The highest BCUT2D eigenvalue weighted by molar-refractivity contribution is 5.92. The molecule has 0 aliphatic carbocycles. The summed E-state index contributed by atoms with van der Waals surface area (Å²) < 4.78 is 31.6. The molecule has 0 bridgehead atoms. The SMILES string of the molecule is CCC(CC)n1ccc(C(=O)NC(C)(C)c2cc(C(F)F)on2)n1. The number of carbonyl (C=O) groups is 1. The number of alkyl halides is 2. The Labute approximate surface area is 139 Å². The molecule has 2 aromatic heterocycles. The molecule has 2 heterocycles. The highest BCUT2D eigenvalue weighted by Crippen LogP contribution is 2.25. The molecule has 6 nitrogen and oxygen atoms in total. The van der Waals surface area contributed by atoms with Crippen LogP contribution < -0.4 is 5.32 Å². The van der Waals surface area contributed by atoms with Crippen LogP contribution in [0.5, 0.6) is 0 Å². The van der Waals surface area contributed by atoms with Gasteiger partial charge in [0.05, 0.1) is 11.6 Å². The van der Waals surface area contributed by atoms with Gasteiger partial charge in [-0.15, -0.1) is 0 Å². The van der Waals surface area contributed by atoms with E-state index in [1.807, 2.05) is 0 Å². The molecule has 132 valence electrons. The highest BCUT2D eigenvalue weighted by atomic mass is 19.3. The fourth-order valence-corrected chi connectivity index (χ4v) is 2.42. The molecule has 0 saturated carbocycles. The number of halogens is 2. The van der Waals surface area contributed by atoms with Crippen molar-refractivity contribution in [3.8, 4) is 0 Å². The van der Waals surface area contributed by atoms with E-state index >= 15 is 0 Å². The summed E-state index contributed by atoms with van der Waals surface area (Å²) in [6.45, 7) is 7.44. The number of carbonyl (C=O) groups excluding carboxylic acids is 1. The van der Waals surface area contributed by atoms with E-state index in [0.29, 0.717) is 0 Å². The van der Waals surface area contributed by atoms with E-state index in [4.69, 9.17) is 0 Å². The summed E-state index contributed by atoms with van der Waals surface area (Å²) in [6, 6.07) is 3.02. The molecule has 0 atom stereocenters. The van der Waals surface area contributed by atoms with Crippen molar-refractivity contribution in [2.75, 3.05) is 0 Å². The Kier molecular flexibility index (Phi) is 5.36. The van der Waals surface area contributed by atoms with Crippen molar-refractivity contribution in [1.29, 1.82) is 0 Å². The van der Waals surface area contributed by atoms with Gasteiger partial charge in [0, 0.05) is 12.3 Å². The van der Waals surface area contributed by atoms with E-state index in [-0.39, 0.29) is 17.4 Å². The summed E-state index contributed by atoms with van der Waals surface area (Å²) in [5, 5.41) is 10.7. The molecule has 2 aromatic rings. The standard InChI is InChI=1S/C16H22F2N4O2/c1-5-10(6-2)22-8-7-11(20-22)15(23)19-16(3,4)13-9-12(14(17)18)24-21-13/h7-10,14H,5-6H2,1-4H3,(H,19,23). The molecule has 0 unspecified atom stereocenters. The maximum Gasteiger partial charge on any atom is 0.298 e. The lowest BCUT2D eigenvalue weighted by atomic mass is 10.00. The second-order valence-electron chi connectivity index (χ2n) is 6.15. The van der Waals surface area contributed by atoms with Gasteiger partial charge < -0.3 is 9.84 Å². The summed E-state index contributed by atoms with van der Waals surface area (Å²) in [6.07, 6.45) is 0.860. The van der Waals surface area contributed by atoms with Gasteiger partial charge in [-0.2, -0.15) is 5.10 Å². The monoisotopic (exact) mass is 340 g/mol. The highest BCUT2D eigenvalue weighted by Gasteiger charge is 2.29. The van der Waals surface area contributed by atoms with Gasteiger partial charge in [-0.1, -0.05) is 19.0 Å². The lowest BCUT2D eigenvalue weighted by Gasteiger charge is -2.23. The summed E-state index contributed by atoms with van der Waals surface area (Å²) in [4.78, 5) is 12.4. The zero-order valence-corrected chi connectivity index (χ0v) is 14.2. The number of rotatable bonds is 7. The van der Waals surface area contributed by atoms with Gasteiger partial charge in [0.25, 0.3) is 12.3 Å². The van der Waals surface area contributed by atoms with Gasteiger partial charge in [-0.05, 0) is 32.8 Å². The lowest BCUT2D eigenvalue weighted by molar-refractivity contribution is 0.0900. The van der Waals surface area contributed by atoms with Gasteiger partial charge in [-0.3, -0.25) is 9.48 Å². The molecule has 2 rings (SSSR count). The quantitative estimate of drug-likeness (QED) is 0.831. The maximum atomic E-state index is 12.6. The zero-order chi connectivity index (χ0) is 17.9. The summed E-state index contributed by atoms with van der Waals surface area (Å²) >= 11 is 0. The van der Waals surface area contributed by atoms with Crippen LogP contribution >= 0.6 is 0 Å². The Balaban J connectivity index is 2.12. The maximum absolute atomic E-state index is 12.6. The lowest BCUT2D eigenvalue weighted by Crippen LogP contribution is -2.41. The molecule has 8 heteroatoms. The van der Waals surface area contributed by atoms with Gasteiger partial charge in [0.1, 0.15) is 11.4 Å². The van der Waals surface area contributed by atoms with Crippen molar-refractivity contribution in [3.63, 3.8) is 0 Å². The molecule has 0 saturated heterocycles. The van der Waals surface area contributed by atoms with Crippen LogP contribution in [0.25, 0.3) is 0 Å². The number of amides is 1. The van der Waals surface area contributed by atoms with E-state index in [2.05, 4.69) is 33.9 Å². The zero-order valence-electron chi connectivity index (χ0n) is 14.2. The molecule has 0 aliphatic rings. The molecule has 1 amide bonds. The minimum atomic E-state index is -2.74. The number of aromatic nitrogens is 3. The second-order valence-corrected chi connectivity index (χ2v) is 6.15. The van der Waals surface area contributed by atoms with Crippen LogP contribution in [0.3, 0.4) is 0 Å². The first kappa shape index (κ1) is 18.1. The molecule has 0 spiro atoms. The Morgan fingerprint density at radius 2 is 2.04 bits per heavy atom. The van der Waals surface area contributed by atoms with Crippen molar-refractivity contribution >= 4 is 5.91 Å². The molecule has 1 N–H and O–H groups in total. The largest absolute Gasteiger partial charge is 0.355 e. The van der Waals surface area contributed by atoms with Gasteiger partial charge in [0.15, 0.2) is 0 Å². The normalized spacial score (nSPS) is 12.2. The predicted molar refractivity (Wildman–Crippen MR) is 83.8 cm³/mol. The Bertz CT molecular complexity index is 690. The molecular weight excluding hydrogens is 318 g/mol. The minimum Gasteiger partial charge on any atom is -0.355 e. The molecule has 0 aliphatic heterocycles. The van der Waals surface area contributed by atoms with Crippen molar-refractivity contribution in [3.05, 3.63) is 35.5 Å². The van der Waals surface area contributed by atoms with Gasteiger partial charge in [-0.25, -0.2) is 8.78 Å². The van der Waals surface area contributed by atoms with E-state index < -0.39 is 23.6 Å². The first-order chi connectivity index (χ1) is 11.3. The predicted octanol–water partition coefficient (Wildman–Crippen LogP) is 3.83. The van der Waals surface area contributed by atoms with Gasteiger partial charge >= 0.3 is 0 Å². The van der Waals surface area contributed by atoms with Crippen LogP contribution in [0, 0.1) is 0 Å². The molecule has 0 fully saturated rings. The smallest absolute Gasteiger partial charge is 0.298 e. The van der Waals surface area contributed by atoms with E-state index in [1.54, 1.807) is 30.8 Å². The van der Waals surface area contributed by atoms with Gasteiger partial charge in [0.2, 0.25) is 5.76 Å². The fraction of sp³-hybridized carbons (Fsp3) is 0.562. The van der Waals surface area contributed by atoms with Crippen LogP contribution in [0.2, 0.25) is 0 Å². The average molecular weight is 340 g/mol. The summed E-state index contributed by atoms with van der Waals surface area (Å²) in [7, 11) is 0. The van der Waals surface area contributed by atoms with E-state index in [9.17, 15) is 13.6 Å². The van der Waals surface area contributed by atoms with Crippen LogP contribution in [0.15, 0.2) is 22.9 Å². The summed E-state index contributed by atoms with van der Waals surface area (Å²) in [5.74, 6) is -0.920. The van der Waals surface area contributed by atoms with E-state index in [1.165, 1.54) is 0 Å². The number of hydrogen-bond donors (Lipinski definition) is 1. The molecular formula is C16H22F2N4O2. The van der Waals surface area contributed by atoms with Crippen LogP contribution in [-0.4, -0.2) is 20.8 Å². The first-order valence-corrected chi connectivity index (χ1v) is 7.91. The Morgan fingerprint density at radius 1 is 1.38 bits per heavy atom. The van der Waals surface area contributed by atoms with Crippen LogP contribution in [0.1, 0.15) is 74.9 Å². The average Bonchev–Trinajstić information content (AvgIpc) is 3.18. The topological polar surface area (TPSA) is 73.0 Å². The third kappa shape index (κ3) is 3.80. The van der Waals surface area contributed by atoms with Crippen LogP contribution in [0.4, 0.5) is 8.78 Å². The van der Waals surface area contributed by atoms with Crippen molar-refractivity contribution < 1.29 is 18.1 Å². The molecule has 0 radical (unpaired) electrons.